The Hall–Kier alpha value is -1.45. The Bertz CT molecular complexity index is 1350. The first-order chi connectivity index (χ1) is 31.8. The molecule has 16 nitrogen and oxygen atoms in total. The van der Waals surface area contributed by atoms with E-state index in [0.717, 1.165) is 103 Å². The SMILES string of the molecule is CC1(C)CNCC2(C)OCCCCCCCCCCOC3(C)CNCC(C)(C)[N-]C(=O)C(C)(CNCC(C)(C)[N-]C3=O)OCCCCCCCCCCOC(C)(CNCC(C)(C)[N-]C2=O)C(=O)[N-]1.[Ni+2].[Ni+2]. The smallest absolute Gasteiger partial charge is 0.645 e. The molecule has 0 spiro atoms. The van der Waals surface area contributed by atoms with Gasteiger partial charge in [0, 0.05) is 52.6 Å². The molecular weight excluding hydrogens is 982 g/mol. The van der Waals surface area contributed by atoms with E-state index < -0.39 is 44.6 Å². The number of nitrogens with one attached hydrogen (secondary N) is 4. The van der Waals surface area contributed by atoms with E-state index in [2.05, 4.69) is 42.5 Å². The first kappa shape index (κ1) is 66.6. The summed E-state index contributed by atoms with van der Waals surface area (Å²) in [6.45, 7) is 26.7. The number of carbonyl (C=O) groups is 4. The van der Waals surface area contributed by atoms with Crippen LogP contribution in [0.4, 0.5) is 0 Å². The van der Waals surface area contributed by atoms with Gasteiger partial charge in [-0.05, 0) is 79.6 Å². The van der Waals surface area contributed by atoms with E-state index >= 15 is 0 Å². The van der Waals surface area contributed by atoms with Crippen LogP contribution < -0.4 is 21.3 Å². The van der Waals surface area contributed by atoms with Crippen LogP contribution >= 0.6 is 0 Å². The molecular formula is C52H96N8Ni2O8. The number of amides is 4. The van der Waals surface area contributed by atoms with Gasteiger partial charge in [-0.1, -0.05) is 155 Å². The van der Waals surface area contributed by atoms with Gasteiger partial charge in [-0.3, -0.25) is 0 Å². The Balaban J connectivity index is 0.0000122. The van der Waals surface area contributed by atoms with E-state index in [1.165, 1.54) is 0 Å². The maximum Gasteiger partial charge on any atom is 2.00 e. The fourth-order valence-corrected chi connectivity index (χ4v) is 8.63. The van der Waals surface area contributed by atoms with Gasteiger partial charge < -0.3 is 80.7 Å². The molecule has 0 radical (unpaired) electrons. The summed E-state index contributed by atoms with van der Waals surface area (Å²) >= 11 is 0. The van der Waals surface area contributed by atoms with Crippen LogP contribution in [0.25, 0.3) is 21.3 Å². The van der Waals surface area contributed by atoms with Gasteiger partial charge in [-0.2, -0.15) is 0 Å². The van der Waals surface area contributed by atoms with Crippen molar-refractivity contribution in [2.45, 2.75) is 230 Å². The zero-order valence-corrected chi connectivity index (χ0v) is 47.5. The molecule has 6 fully saturated rings. The minimum Gasteiger partial charge on any atom is -0.645 e. The summed E-state index contributed by atoms with van der Waals surface area (Å²) in [4.78, 5) is 55.5. The molecule has 6 heterocycles. The van der Waals surface area contributed by atoms with Crippen molar-refractivity contribution in [3.8, 4) is 0 Å². The second-order valence-corrected chi connectivity index (χ2v) is 23.3. The third kappa shape index (κ3) is 24.3. The monoisotopic (exact) mass is 1080 g/mol. The first-order valence-corrected chi connectivity index (χ1v) is 26.2. The van der Waals surface area contributed by atoms with Crippen LogP contribution in [0, 0.1) is 0 Å². The summed E-state index contributed by atoms with van der Waals surface area (Å²) in [5.41, 5.74) is -7.72. The standard InChI is InChI=1S/C52H100N8O8.2Ni/c1-45(2)33-53-37-50(10)42(62)58-46(3,4)34-54-38-49(9,41(61)57-45)65-29-25-21-17-13-14-19-23-27-31-67-51(11)39-55-35-48(7,8)60-44(64)52(12,40-56-36-47(5,6)59-43(51)63)68-32-28-24-20-16-15-18-22-26-30-66-50;;/h53-56H,13-40H2,1-12H3,(H4,57,58,59,60,61,62,63,64);;/q;2*+2/p-4. The molecule has 70 heavy (non-hydrogen) atoms. The summed E-state index contributed by atoms with van der Waals surface area (Å²) in [5, 5.41) is 32.2. The van der Waals surface area contributed by atoms with Crippen LogP contribution in [0.5, 0.6) is 0 Å². The second-order valence-electron chi connectivity index (χ2n) is 23.3. The molecule has 6 aliphatic heterocycles. The minimum absolute atomic E-state index is 0. The topological polar surface area (TPSA) is 210 Å². The van der Waals surface area contributed by atoms with Crippen molar-refractivity contribution >= 4 is 23.6 Å². The average molecular weight is 1080 g/mol. The molecule has 18 heteroatoms. The normalized spacial score (nSPS) is 32.4. The number of hydrogen-bond acceptors (Lipinski definition) is 12. The number of ether oxygens (including phenoxy) is 4. The third-order valence-electron chi connectivity index (χ3n) is 13.3. The molecule has 0 aromatic rings. The van der Waals surface area contributed by atoms with Crippen LogP contribution in [0.2, 0.25) is 0 Å². The maximum absolute atomic E-state index is 13.9. The number of hydrogen-bond donors (Lipinski definition) is 4. The number of carbonyl (C=O) groups excluding carboxylic acids is 4. The van der Waals surface area contributed by atoms with E-state index in [1.54, 1.807) is 27.7 Å². The van der Waals surface area contributed by atoms with Gasteiger partial charge in [0.15, 0.2) is 0 Å². The zero-order valence-electron chi connectivity index (χ0n) is 45.5. The van der Waals surface area contributed by atoms with E-state index in [9.17, 15) is 19.2 Å². The summed E-state index contributed by atoms with van der Waals surface area (Å²) < 4.78 is 25.4. The zero-order chi connectivity index (χ0) is 50.6. The third-order valence-corrected chi connectivity index (χ3v) is 13.3. The molecule has 0 aromatic carbocycles. The van der Waals surface area contributed by atoms with Crippen LogP contribution in [-0.4, -0.2) is 147 Å². The summed E-state index contributed by atoms with van der Waals surface area (Å²) in [5.74, 6) is -1.23. The van der Waals surface area contributed by atoms with Crippen molar-refractivity contribution < 1.29 is 71.1 Å². The Morgan fingerprint density at radius 1 is 0.286 bits per heavy atom. The van der Waals surface area contributed by atoms with E-state index in [4.69, 9.17) is 18.9 Å². The molecule has 4 bridgehead atoms. The van der Waals surface area contributed by atoms with Crippen LogP contribution in [0.15, 0.2) is 0 Å². The van der Waals surface area contributed by atoms with E-state index in [1.807, 2.05) is 55.4 Å². The second kappa shape index (κ2) is 30.8. The fourth-order valence-electron chi connectivity index (χ4n) is 8.63. The van der Waals surface area contributed by atoms with Gasteiger partial charge in [0.05, 0.1) is 23.6 Å². The molecule has 4 atom stereocenters. The van der Waals surface area contributed by atoms with Crippen molar-refractivity contribution in [2.24, 2.45) is 0 Å². The Labute approximate surface area is 444 Å². The summed E-state index contributed by atoms with van der Waals surface area (Å²) in [6, 6.07) is 0. The fraction of sp³-hybridized carbons (Fsp3) is 0.923. The van der Waals surface area contributed by atoms with Gasteiger partial charge in [0.25, 0.3) is 0 Å². The molecule has 6 rings (SSSR count). The maximum atomic E-state index is 13.9. The van der Waals surface area contributed by atoms with Gasteiger partial charge in [-0.15, -0.1) is 0 Å². The predicted molar refractivity (Wildman–Crippen MR) is 273 cm³/mol. The first-order valence-electron chi connectivity index (χ1n) is 26.2. The molecule has 6 saturated heterocycles. The Morgan fingerprint density at radius 2 is 0.443 bits per heavy atom. The quantitative estimate of drug-likeness (QED) is 0.169. The van der Waals surface area contributed by atoms with E-state index in [0.29, 0.717) is 52.6 Å². The van der Waals surface area contributed by atoms with Gasteiger partial charge >= 0.3 is 33.0 Å². The van der Waals surface area contributed by atoms with Gasteiger partial charge in [0.2, 0.25) is 0 Å². The van der Waals surface area contributed by atoms with Gasteiger partial charge in [-0.25, -0.2) is 0 Å². The van der Waals surface area contributed by atoms with Crippen molar-refractivity contribution in [1.29, 1.82) is 0 Å². The molecule has 412 valence electrons. The molecule has 0 aliphatic carbocycles. The molecule has 4 N–H and O–H groups in total. The number of nitrogens with zero attached hydrogens (tertiary/aromatic N) is 4. The predicted octanol–water partition coefficient (Wildman–Crippen LogP) is 8.44. The van der Waals surface area contributed by atoms with Crippen LogP contribution in [-0.2, 0) is 71.1 Å². The van der Waals surface area contributed by atoms with Crippen LogP contribution in [0.1, 0.15) is 186 Å². The van der Waals surface area contributed by atoms with Crippen LogP contribution in [0.3, 0.4) is 0 Å². The molecule has 0 aromatic heterocycles. The molecule has 6 aliphatic rings. The van der Waals surface area contributed by atoms with Gasteiger partial charge in [0.1, 0.15) is 22.4 Å². The largest absolute Gasteiger partial charge is 2.00 e. The minimum atomic E-state index is -1.18. The molecule has 4 amide bonds. The Kier molecular flexibility index (Phi) is 29.3. The van der Waals surface area contributed by atoms with Crippen molar-refractivity contribution in [1.82, 2.24) is 21.3 Å². The Morgan fingerprint density at radius 3 is 0.614 bits per heavy atom. The summed E-state index contributed by atoms with van der Waals surface area (Å²) in [7, 11) is 0. The number of rotatable bonds is 0. The van der Waals surface area contributed by atoms with Crippen molar-refractivity contribution in [3.63, 3.8) is 0 Å². The van der Waals surface area contributed by atoms with Crippen molar-refractivity contribution in [3.05, 3.63) is 21.3 Å². The average Bonchev–Trinajstić information content (AvgIpc) is 3.22. The van der Waals surface area contributed by atoms with Crippen molar-refractivity contribution in [2.75, 3.05) is 78.8 Å². The summed E-state index contributed by atoms with van der Waals surface area (Å²) in [6.07, 6.45) is 15.8. The molecule has 4 unspecified atom stereocenters. The van der Waals surface area contributed by atoms with E-state index in [-0.39, 0.29) is 82.8 Å². The molecule has 0 saturated carbocycles.